The second kappa shape index (κ2) is 5.04. The Bertz CT molecular complexity index is 586. The van der Waals surface area contributed by atoms with E-state index in [2.05, 4.69) is 0 Å². The fourth-order valence-electron chi connectivity index (χ4n) is 2.48. The van der Waals surface area contributed by atoms with Crippen LogP contribution in [0.5, 0.6) is 0 Å². The predicted octanol–water partition coefficient (Wildman–Crippen LogP) is 3.13. The van der Waals surface area contributed by atoms with Crippen molar-refractivity contribution in [3.8, 4) is 0 Å². The van der Waals surface area contributed by atoms with Crippen molar-refractivity contribution in [1.29, 1.82) is 0 Å². The van der Waals surface area contributed by atoms with Crippen LogP contribution < -0.4 is 0 Å². The van der Waals surface area contributed by atoms with Crippen LogP contribution in [0.2, 0.25) is 0 Å². The third kappa shape index (κ3) is 2.64. The van der Waals surface area contributed by atoms with Crippen LogP contribution in [0, 0.1) is 5.82 Å². The van der Waals surface area contributed by atoms with Crippen molar-refractivity contribution in [2.24, 2.45) is 0 Å². The van der Waals surface area contributed by atoms with E-state index in [0.717, 1.165) is 18.9 Å². The first-order chi connectivity index (χ1) is 8.79. The summed E-state index contributed by atoms with van der Waals surface area (Å²) in [5.74, 6) is -0.566. The number of hydrogen-bond donors (Lipinski definition) is 0. The lowest BCUT2D eigenvalue weighted by Gasteiger charge is -2.30. The lowest BCUT2D eigenvalue weighted by atomic mass is 10.0. The number of nitrogens with zero attached hydrogens (tertiary/aromatic N) is 1. The highest BCUT2D eigenvalue weighted by atomic mass is 35.5. The summed E-state index contributed by atoms with van der Waals surface area (Å²) in [5.41, 5.74) is 0.126. The quantitative estimate of drug-likeness (QED) is 0.805. The zero-order valence-electron chi connectivity index (χ0n) is 11.0. The molecule has 3 nitrogen and oxygen atoms in total. The second-order valence-electron chi connectivity index (χ2n) is 5.39. The molecule has 0 aromatic heterocycles. The first kappa shape index (κ1) is 14.8. The maximum Gasteiger partial charge on any atom is 0.246 e. The highest BCUT2D eigenvalue weighted by Crippen LogP contribution is 2.34. The SMILES string of the molecule is CC1(C)CCCN1S(=O)(=O)c1cc(CCl)ccc1F. The molecule has 0 aliphatic carbocycles. The van der Waals surface area contributed by atoms with Crippen molar-refractivity contribution in [2.75, 3.05) is 6.54 Å². The number of halogens is 2. The molecule has 1 fully saturated rings. The number of alkyl halides is 1. The Kier molecular flexibility index (Phi) is 3.91. The average Bonchev–Trinajstić information content (AvgIpc) is 2.70. The van der Waals surface area contributed by atoms with Gasteiger partial charge in [0.1, 0.15) is 10.7 Å². The second-order valence-corrected chi connectivity index (χ2v) is 7.49. The molecule has 0 unspecified atom stereocenters. The van der Waals surface area contributed by atoms with Gasteiger partial charge in [-0.3, -0.25) is 0 Å². The number of sulfonamides is 1. The normalized spacial score (nSPS) is 19.8. The number of benzene rings is 1. The zero-order chi connectivity index (χ0) is 14.3. The van der Waals surface area contributed by atoms with E-state index in [1.807, 2.05) is 13.8 Å². The van der Waals surface area contributed by atoms with Crippen molar-refractivity contribution in [2.45, 2.75) is 43.0 Å². The summed E-state index contributed by atoms with van der Waals surface area (Å²) in [4.78, 5) is -0.277. The molecule has 1 aromatic rings. The van der Waals surface area contributed by atoms with Crippen molar-refractivity contribution in [3.05, 3.63) is 29.6 Å². The van der Waals surface area contributed by atoms with Gasteiger partial charge in [-0.25, -0.2) is 12.8 Å². The molecule has 0 amide bonds. The van der Waals surface area contributed by atoms with Gasteiger partial charge >= 0.3 is 0 Å². The van der Waals surface area contributed by atoms with Gasteiger partial charge in [-0.05, 0) is 44.4 Å². The molecule has 1 saturated heterocycles. The molecule has 0 radical (unpaired) electrons. The average molecular weight is 306 g/mol. The minimum Gasteiger partial charge on any atom is -0.207 e. The van der Waals surface area contributed by atoms with Gasteiger partial charge in [-0.15, -0.1) is 11.6 Å². The minimum absolute atomic E-state index is 0.159. The third-order valence-corrected chi connectivity index (χ3v) is 5.98. The van der Waals surface area contributed by atoms with Gasteiger partial charge in [0.15, 0.2) is 0 Å². The van der Waals surface area contributed by atoms with Gasteiger partial charge in [0.2, 0.25) is 10.0 Å². The summed E-state index contributed by atoms with van der Waals surface area (Å²) >= 11 is 5.69. The number of hydrogen-bond acceptors (Lipinski definition) is 2. The fourth-order valence-corrected chi connectivity index (χ4v) is 4.61. The molecule has 6 heteroatoms. The summed E-state index contributed by atoms with van der Waals surface area (Å²) in [5, 5.41) is 0. The molecule has 0 spiro atoms. The van der Waals surface area contributed by atoms with E-state index < -0.39 is 21.4 Å². The van der Waals surface area contributed by atoms with E-state index in [9.17, 15) is 12.8 Å². The Labute approximate surface area is 118 Å². The third-order valence-electron chi connectivity index (χ3n) is 3.54. The largest absolute Gasteiger partial charge is 0.246 e. The molecule has 0 saturated carbocycles. The van der Waals surface area contributed by atoms with E-state index in [1.54, 1.807) is 0 Å². The van der Waals surface area contributed by atoms with Gasteiger partial charge in [-0.2, -0.15) is 4.31 Å². The van der Waals surface area contributed by atoms with Gasteiger partial charge in [0, 0.05) is 18.0 Å². The monoisotopic (exact) mass is 305 g/mol. The van der Waals surface area contributed by atoms with E-state index >= 15 is 0 Å². The Balaban J connectivity index is 2.51. The summed E-state index contributed by atoms with van der Waals surface area (Å²) < 4.78 is 40.4. The standard InChI is InChI=1S/C13H17ClFNO2S/c1-13(2)6-3-7-16(13)19(17,18)12-8-10(9-14)4-5-11(12)15/h4-5,8H,3,6-7,9H2,1-2H3. The van der Waals surface area contributed by atoms with Crippen molar-refractivity contribution < 1.29 is 12.8 Å². The van der Waals surface area contributed by atoms with Gasteiger partial charge < -0.3 is 0 Å². The number of rotatable bonds is 3. The molecule has 0 bridgehead atoms. The lowest BCUT2D eigenvalue weighted by Crippen LogP contribution is -2.42. The summed E-state index contributed by atoms with van der Waals surface area (Å²) in [6.45, 7) is 4.15. The van der Waals surface area contributed by atoms with Crippen LogP contribution in [-0.4, -0.2) is 24.8 Å². The molecule has 1 aromatic carbocycles. The summed E-state index contributed by atoms with van der Waals surface area (Å²) in [6, 6.07) is 3.98. The Morgan fingerprint density at radius 3 is 2.63 bits per heavy atom. The maximum atomic E-state index is 13.9. The van der Waals surface area contributed by atoms with Crippen LogP contribution in [0.15, 0.2) is 23.1 Å². The summed E-state index contributed by atoms with van der Waals surface area (Å²) in [7, 11) is -3.81. The molecule has 106 valence electrons. The fraction of sp³-hybridized carbons (Fsp3) is 0.538. The van der Waals surface area contributed by atoms with Crippen molar-refractivity contribution in [3.63, 3.8) is 0 Å². The maximum absolute atomic E-state index is 13.9. The van der Waals surface area contributed by atoms with Crippen molar-refractivity contribution >= 4 is 21.6 Å². The molecular formula is C13H17ClFNO2S. The molecule has 2 rings (SSSR count). The molecular weight excluding hydrogens is 289 g/mol. The molecule has 1 aliphatic heterocycles. The van der Waals surface area contributed by atoms with Crippen LogP contribution in [0.1, 0.15) is 32.3 Å². The van der Waals surface area contributed by atoms with Crippen molar-refractivity contribution in [1.82, 2.24) is 4.31 Å². The molecule has 19 heavy (non-hydrogen) atoms. The Morgan fingerprint density at radius 1 is 1.42 bits per heavy atom. The van der Waals surface area contributed by atoms with Crippen LogP contribution in [0.25, 0.3) is 0 Å². The van der Waals surface area contributed by atoms with E-state index in [0.29, 0.717) is 12.1 Å². The topological polar surface area (TPSA) is 37.4 Å². The van der Waals surface area contributed by atoms with Gasteiger partial charge in [0.25, 0.3) is 0 Å². The van der Waals surface area contributed by atoms with Crippen LogP contribution in [0.3, 0.4) is 0 Å². The molecule has 0 N–H and O–H groups in total. The van der Waals surface area contributed by atoms with E-state index in [4.69, 9.17) is 11.6 Å². The van der Waals surface area contributed by atoms with Gasteiger partial charge in [0.05, 0.1) is 0 Å². The zero-order valence-corrected chi connectivity index (χ0v) is 12.6. The van der Waals surface area contributed by atoms with Crippen LogP contribution >= 0.6 is 11.6 Å². The molecule has 1 aliphatic rings. The predicted molar refractivity (Wildman–Crippen MR) is 73.2 cm³/mol. The molecule has 1 heterocycles. The highest BCUT2D eigenvalue weighted by molar-refractivity contribution is 7.89. The van der Waals surface area contributed by atoms with Crippen LogP contribution in [-0.2, 0) is 15.9 Å². The lowest BCUT2D eigenvalue weighted by molar-refractivity contribution is 0.290. The minimum atomic E-state index is -3.81. The summed E-state index contributed by atoms with van der Waals surface area (Å²) in [6.07, 6.45) is 1.58. The Morgan fingerprint density at radius 2 is 2.11 bits per heavy atom. The van der Waals surface area contributed by atoms with Crippen LogP contribution in [0.4, 0.5) is 4.39 Å². The Hall–Kier alpha value is -0.650. The smallest absolute Gasteiger partial charge is 0.207 e. The van der Waals surface area contributed by atoms with E-state index in [-0.39, 0.29) is 10.8 Å². The van der Waals surface area contributed by atoms with Gasteiger partial charge in [-0.1, -0.05) is 6.07 Å². The first-order valence-corrected chi connectivity index (χ1v) is 8.14. The highest BCUT2D eigenvalue weighted by Gasteiger charge is 2.41. The first-order valence-electron chi connectivity index (χ1n) is 6.16. The molecule has 0 atom stereocenters. The van der Waals surface area contributed by atoms with E-state index in [1.165, 1.54) is 16.4 Å².